The van der Waals surface area contributed by atoms with E-state index in [0.717, 1.165) is 48.9 Å². The number of hydrogen-bond donors (Lipinski definition) is 2. The van der Waals surface area contributed by atoms with Crippen molar-refractivity contribution < 1.29 is 5.11 Å². The van der Waals surface area contributed by atoms with E-state index in [4.69, 9.17) is 0 Å². The summed E-state index contributed by atoms with van der Waals surface area (Å²) < 4.78 is 3.18. The molecule has 0 amide bonds. The molecule has 0 spiro atoms. The molecule has 0 saturated heterocycles. The minimum absolute atomic E-state index is 0.147. The van der Waals surface area contributed by atoms with Crippen LogP contribution in [0.1, 0.15) is 50.9 Å². The van der Waals surface area contributed by atoms with E-state index in [1.807, 2.05) is 6.92 Å². The maximum Gasteiger partial charge on any atom is 0.0738 e. The fraction of sp³-hybridized carbons (Fsp3) is 0.800. The predicted octanol–water partition coefficient (Wildman–Crippen LogP) is 3.18. The van der Waals surface area contributed by atoms with Crippen molar-refractivity contribution in [1.82, 2.24) is 15.1 Å². The number of aromatic nitrogens is 2. The van der Waals surface area contributed by atoms with Crippen molar-refractivity contribution >= 4 is 15.9 Å². The first kappa shape index (κ1) is 17.7. The number of halogens is 1. The first-order valence-electron chi connectivity index (χ1n) is 7.49. The lowest BCUT2D eigenvalue weighted by molar-refractivity contribution is 0.162. The first-order valence-corrected chi connectivity index (χ1v) is 8.28. The molecular formula is C15H28BrN3O. The SMILES string of the molecule is CCCNC(C)(CO)CCCCn1nc(C)c(Br)c1C. The van der Waals surface area contributed by atoms with E-state index in [0.29, 0.717) is 0 Å². The van der Waals surface area contributed by atoms with Crippen LogP contribution in [-0.2, 0) is 6.54 Å². The molecule has 0 saturated carbocycles. The second-order valence-electron chi connectivity index (χ2n) is 5.81. The molecule has 0 bridgehead atoms. The second kappa shape index (κ2) is 8.15. The predicted molar refractivity (Wildman–Crippen MR) is 87.0 cm³/mol. The molecule has 0 radical (unpaired) electrons. The number of rotatable bonds is 9. The maximum atomic E-state index is 9.53. The van der Waals surface area contributed by atoms with Gasteiger partial charge in [0.25, 0.3) is 0 Å². The summed E-state index contributed by atoms with van der Waals surface area (Å²) in [6.07, 6.45) is 4.25. The van der Waals surface area contributed by atoms with Crippen LogP contribution < -0.4 is 5.32 Å². The van der Waals surface area contributed by atoms with Crippen LogP contribution in [0.15, 0.2) is 4.47 Å². The van der Waals surface area contributed by atoms with Crippen molar-refractivity contribution in [3.8, 4) is 0 Å². The van der Waals surface area contributed by atoms with Gasteiger partial charge in [-0.1, -0.05) is 6.92 Å². The van der Waals surface area contributed by atoms with Crippen molar-refractivity contribution in [2.75, 3.05) is 13.2 Å². The lowest BCUT2D eigenvalue weighted by Gasteiger charge is -2.28. The summed E-state index contributed by atoms with van der Waals surface area (Å²) in [6.45, 7) is 10.4. The molecule has 0 aliphatic heterocycles. The van der Waals surface area contributed by atoms with Crippen molar-refractivity contribution in [3.63, 3.8) is 0 Å². The Balaban J connectivity index is 2.38. The molecule has 1 unspecified atom stereocenters. The molecule has 0 aliphatic rings. The van der Waals surface area contributed by atoms with E-state index in [1.165, 1.54) is 5.69 Å². The molecule has 1 rings (SSSR count). The number of hydrogen-bond acceptors (Lipinski definition) is 3. The summed E-state index contributed by atoms with van der Waals surface area (Å²) in [7, 11) is 0. The largest absolute Gasteiger partial charge is 0.394 e. The minimum atomic E-state index is -0.147. The number of nitrogens with one attached hydrogen (secondary N) is 1. The molecule has 1 aromatic heterocycles. The molecular weight excluding hydrogens is 318 g/mol. The monoisotopic (exact) mass is 345 g/mol. The van der Waals surface area contributed by atoms with Gasteiger partial charge in [-0.15, -0.1) is 0 Å². The molecule has 20 heavy (non-hydrogen) atoms. The van der Waals surface area contributed by atoms with Crippen molar-refractivity contribution in [3.05, 3.63) is 15.9 Å². The van der Waals surface area contributed by atoms with Crippen LogP contribution in [0.3, 0.4) is 0 Å². The maximum absolute atomic E-state index is 9.53. The lowest BCUT2D eigenvalue weighted by Crippen LogP contribution is -2.46. The molecule has 116 valence electrons. The van der Waals surface area contributed by atoms with Crippen molar-refractivity contribution in [2.45, 2.75) is 65.5 Å². The molecule has 2 N–H and O–H groups in total. The number of aliphatic hydroxyl groups excluding tert-OH is 1. The third kappa shape index (κ3) is 4.86. The van der Waals surface area contributed by atoms with Gasteiger partial charge in [0.05, 0.1) is 16.8 Å². The van der Waals surface area contributed by atoms with Gasteiger partial charge in [-0.25, -0.2) is 0 Å². The zero-order valence-corrected chi connectivity index (χ0v) is 14.8. The number of aryl methyl sites for hydroxylation is 2. The highest BCUT2D eigenvalue weighted by atomic mass is 79.9. The molecule has 4 nitrogen and oxygen atoms in total. The first-order chi connectivity index (χ1) is 9.43. The fourth-order valence-corrected chi connectivity index (χ4v) is 2.60. The Bertz CT molecular complexity index is 419. The van der Waals surface area contributed by atoms with Gasteiger partial charge in [0.15, 0.2) is 0 Å². The Morgan fingerprint density at radius 3 is 2.55 bits per heavy atom. The quantitative estimate of drug-likeness (QED) is 0.675. The third-order valence-corrected chi connectivity index (χ3v) is 4.94. The smallest absolute Gasteiger partial charge is 0.0738 e. The van der Waals surface area contributed by atoms with Crippen LogP contribution >= 0.6 is 15.9 Å². The van der Waals surface area contributed by atoms with Crippen molar-refractivity contribution in [1.29, 1.82) is 0 Å². The van der Waals surface area contributed by atoms with E-state index in [-0.39, 0.29) is 12.1 Å². The lowest BCUT2D eigenvalue weighted by atomic mass is 9.95. The van der Waals surface area contributed by atoms with Crippen LogP contribution in [0.5, 0.6) is 0 Å². The zero-order valence-electron chi connectivity index (χ0n) is 13.2. The van der Waals surface area contributed by atoms with E-state index in [1.54, 1.807) is 0 Å². The van der Waals surface area contributed by atoms with Crippen LogP contribution in [0.2, 0.25) is 0 Å². The summed E-state index contributed by atoms with van der Waals surface area (Å²) in [6, 6.07) is 0. The highest BCUT2D eigenvalue weighted by molar-refractivity contribution is 9.10. The highest BCUT2D eigenvalue weighted by Crippen LogP contribution is 2.20. The van der Waals surface area contributed by atoms with Gasteiger partial charge < -0.3 is 10.4 Å². The molecule has 1 aromatic rings. The molecule has 0 fully saturated rings. The Hall–Kier alpha value is -0.390. The van der Waals surface area contributed by atoms with Crippen LogP contribution in [0.25, 0.3) is 0 Å². The van der Waals surface area contributed by atoms with Gasteiger partial charge in [0.2, 0.25) is 0 Å². The average Bonchev–Trinajstić information content (AvgIpc) is 2.69. The normalized spacial score (nSPS) is 14.5. The number of aliphatic hydroxyl groups is 1. The molecule has 5 heteroatoms. The standard InChI is InChI=1S/C15H28BrN3O/c1-5-9-17-15(4,11-20)8-6-7-10-19-13(3)14(16)12(2)18-19/h17,20H,5-11H2,1-4H3. The second-order valence-corrected chi connectivity index (χ2v) is 6.60. The van der Waals surface area contributed by atoms with E-state index in [9.17, 15) is 5.11 Å². The summed E-state index contributed by atoms with van der Waals surface area (Å²) >= 11 is 3.55. The molecule has 1 atom stereocenters. The Morgan fingerprint density at radius 2 is 2.05 bits per heavy atom. The minimum Gasteiger partial charge on any atom is -0.394 e. The average molecular weight is 346 g/mol. The van der Waals surface area contributed by atoms with Crippen LogP contribution in [0, 0.1) is 13.8 Å². The summed E-state index contributed by atoms with van der Waals surface area (Å²) in [5, 5.41) is 17.5. The van der Waals surface area contributed by atoms with Gasteiger partial charge in [-0.3, -0.25) is 4.68 Å². The van der Waals surface area contributed by atoms with Gasteiger partial charge in [-0.2, -0.15) is 5.10 Å². The molecule has 1 heterocycles. The van der Waals surface area contributed by atoms with Crippen molar-refractivity contribution in [2.24, 2.45) is 0 Å². The van der Waals surface area contributed by atoms with Gasteiger partial charge in [-0.05, 0) is 68.9 Å². The fourth-order valence-electron chi connectivity index (χ4n) is 2.32. The molecule has 0 aliphatic carbocycles. The summed E-state index contributed by atoms with van der Waals surface area (Å²) in [5.74, 6) is 0. The highest BCUT2D eigenvalue weighted by Gasteiger charge is 2.21. The van der Waals surface area contributed by atoms with E-state index >= 15 is 0 Å². The van der Waals surface area contributed by atoms with Crippen LogP contribution in [0.4, 0.5) is 0 Å². The van der Waals surface area contributed by atoms with E-state index < -0.39 is 0 Å². The van der Waals surface area contributed by atoms with E-state index in [2.05, 4.69) is 51.8 Å². The molecule has 0 aromatic carbocycles. The Morgan fingerprint density at radius 1 is 1.35 bits per heavy atom. The van der Waals surface area contributed by atoms with Gasteiger partial charge in [0.1, 0.15) is 0 Å². The topological polar surface area (TPSA) is 50.1 Å². The van der Waals surface area contributed by atoms with Crippen LogP contribution in [-0.4, -0.2) is 33.6 Å². The Kier molecular flexibility index (Phi) is 7.20. The van der Waals surface area contributed by atoms with Gasteiger partial charge in [0, 0.05) is 17.8 Å². The van der Waals surface area contributed by atoms with Gasteiger partial charge >= 0.3 is 0 Å². The number of unbranched alkanes of at least 4 members (excludes halogenated alkanes) is 1. The third-order valence-electron chi connectivity index (χ3n) is 3.79. The Labute approximate surface area is 131 Å². The number of nitrogens with zero attached hydrogens (tertiary/aromatic N) is 2. The zero-order chi connectivity index (χ0) is 15.2. The summed E-state index contributed by atoms with van der Waals surface area (Å²) in [5.41, 5.74) is 2.09. The summed E-state index contributed by atoms with van der Waals surface area (Å²) in [4.78, 5) is 0.